The molecule has 150 valence electrons. The van der Waals surface area contributed by atoms with Crippen LogP contribution in [0.2, 0.25) is 0 Å². The standard InChI is InChI=1S/C20H26N4O4/c1-15(12-20(25)22-16-6-4-7-17(13-16)24(26)27)21-14-18(19-8-5-11-28-19)23-9-2-3-10-23/h4-8,11,13,15,18,21H,2-3,9-10,12,14H2,1H3,(H,22,25). The second kappa shape index (κ2) is 9.48. The smallest absolute Gasteiger partial charge is 0.271 e. The van der Waals surface area contributed by atoms with Gasteiger partial charge in [0.2, 0.25) is 5.91 Å². The summed E-state index contributed by atoms with van der Waals surface area (Å²) in [4.78, 5) is 25.1. The van der Waals surface area contributed by atoms with Crippen molar-refractivity contribution in [1.82, 2.24) is 10.2 Å². The van der Waals surface area contributed by atoms with Gasteiger partial charge in [-0.3, -0.25) is 19.8 Å². The van der Waals surface area contributed by atoms with Gasteiger partial charge < -0.3 is 15.1 Å². The fourth-order valence-corrected chi connectivity index (χ4v) is 3.52. The number of likely N-dealkylation sites (tertiary alicyclic amines) is 1. The van der Waals surface area contributed by atoms with E-state index >= 15 is 0 Å². The quantitative estimate of drug-likeness (QED) is 0.506. The van der Waals surface area contributed by atoms with Gasteiger partial charge in [0.1, 0.15) is 5.76 Å². The fraction of sp³-hybridized carbons (Fsp3) is 0.450. The molecule has 0 spiro atoms. The van der Waals surface area contributed by atoms with Crippen LogP contribution in [0.25, 0.3) is 0 Å². The Labute approximate surface area is 164 Å². The van der Waals surface area contributed by atoms with Gasteiger partial charge in [0.05, 0.1) is 17.2 Å². The number of nitro benzene ring substituents is 1. The molecule has 3 rings (SSSR count). The van der Waals surface area contributed by atoms with Crippen LogP contribution >= 0.6 is 0 Å². The number of nitrogens with one attached hydrogen (secondary N) is 2. The third kappa shape index (κ3) is 5.40. The fourth-order valence-electron chi connectivity index (χ4n) is 3.52. The van der Waals surface area contributed by atoms with Crippen LogP contribution in [0.1, 0.15) is 38.0 Å². The zero-order valence-corrected chi connectivity index (χ0v) is 16.0. The molecule has 8 nitrogen and oxygen atoms in total. The van der Waals surface area contributed by atoms with E-state index in [1.165, 1.54) is 25.0 Å². The minimum absolute atomic E-state index is 0.0428. The SMILES string of the molecule is CC(CC(=O)Nc1cccc([N+](=O)[O-])c1)NCC(c1ccco1)N1CCCC1. The summed E-state index contributed by atoms with van der Waals surface area (Å²) in [5.74, 6) is 0.749. The molecular formula is C20H26N4O4. The molecule has 1 aromatic carbocycles. The first kappa shape index (κ1) is 20.0. The van der Waals surface area contributed by atoms with Crippen molar-refractivity contribution in [2.75, 3.05) is 25.0 Å². The first-order valence-electron chi connectivity index (χ1n) is 9.58. The zero-order chi connectivity index (χ0) is 19.9. The highest BCUT2D eigenvalue weighted by atomic mass is 16.6. The number of nitro groups is 1. The molecule has 0 saturated carbocycles. The minimum atomic E-state index is -0.479. The summed E-state index contributed by atoms with van der Waals surface area (Å²) in [6, 6.07) is 9.95. The maximum atomic E-state index is 12.3. The molecule has 1 saturated heterocycles. The molecule has 2 atom stereocenters. The van der Waals surface area contributed by atoms with Gasteiger partial charge in [-0.25, -0.2) is 0 Å². The monoisotopic (exact) mass is 386 g/mol. The Kier molecular flexibility index (Phi) is 6.78. The summed E-state index contributed by atoms with van der Waals surface area (Å²) < 4.78 is 5.61. The molecule has 1 aliphatic heterocycles. The lowest BCUT2D eigenvalue weighted by Gasteiger charge is -2.27. The summed E-state index contributed by atoms with van der Waals surface area (Å²) in [5.41, 5.74) is 0.382. The van der Waals surface area contributed by atoms with Gasteiger partial charge in [-0.1, -0.05) is 6.07 Å². The predicted octanol–water partition coefficient (Wildman–Crippen LogP) is 3.33. The number of hydrogen-bond acceptors (Lipinski definition) is 6. The van der Waals surface area contributed by atoms with E-state index in [0.717, 1.165) is 18.8 Å². The number of carbonyl (C=O) groups is 1. The minimum Gasteiger partial charge on any atom is -0.468 e. The normalized spacial score (nSPS) is 16.6. The molecule has 0 aliphatic carbocycles. The Morgan fingerprint density at radius 3 is 2.75 bits per heavy atom. The molecule has 2 aromatic rings. The van der Waals surface area contributed by atoms with E-state index in [2.05, 4.69) is 15.5 Å². The molecule has 2 unspecified atom stereocenters. The average Bonchev–Trinajstić information content (AvgIpc) is 3.36. The maximum Gasteiger partial charge on any atom is 0.271 e. The van der Waals surface area contributed by atoms with Crippen molar-refractivity contribution in [2.45, 2.75) is 38.3 Å². The Bertz CT molecular complexity index is 787. The lowest BCUT2D eigenvalue weighted by atomic mass is 10.1. The van der Waals surface area contributed by atoms with E-state index in [1.54, 1.807) is 18.4 Å². The molecule has 0 bridgehead atoms. The van der Waals surface area contributed by atoms with Crippen molar-refractivity contribution in [2.24, 2.45) is 0 Å². The van der Waals surface area contributed by atoms with E-state index in [0.29, 0.717) is 12.2 Å². The summed E-state index contributed by atoms with van der Waals surface area (Å²) in [6.45, 7) is 4.75. The highest BCUT2D eigenvalue weighted by molar-refractivity contribution is 5.91. The summed E-state index contributed by atoms with van der Waals surface area (Å²) in [5, 5.41) is 17.0. The van der Waals surface area contributed by atoms with Crippen LogP contribution < -0.4 is 10.6 Å². The second-order valence-corrected chi connectivity index (χ2v) is 7.14. The summed E-state index contributed by atoms with van der Waals surface area (Å²) in [7, 11) is 0. The number of non-ortho nitro benzene ring substituents is 1. The Morgan fingerprint density at radius 1 is 1.29 bits per heavy atom. The largest absolute Gasteiger partial charge is 0.468 e. The van der Waals surface area contributed by atoms with Crippen molar-refractivity contribution >= 4 is 17.3 Å². The van der Waals surface area contributed by atoms with Crippen LogP contribution in [0, 0.1) is 10.1 Å². The molecular weight excluding hydrogens is 360 g/mol. The van der Waals surface area contributed by atoms with Crippen LogP contribution in [-0.4, -0.2) is 41.4 Å². The third-order valence-electron chi connectivity index (χ3n) is 4.95. The van der Waals surface area contributed by atoms with Crippen LogP contribution in [0.4, 0.5) is 11.4 Å². The number of carbonyl (C=O) groups excluding carboxylic acids is 1. The third-order valence-corrected chi connectivity index (χ3v) is 4.95. The maximum absolute atomic E-state index is 12.3. The second-order valence-electron chi connectivity index (χ2n) is 7.14. The van der Waals surface area contributed by atoms with E-state index < -0.39 is 4.92 Å². The molecule has 8 heteroatoms. The summed E-state index contributed by atoms with van der Waals surface area (Å²) >= 11 is 0. The number of furan rings is 1. The molecule has 0 radical (unpaired) electrons. The van der Waals surface area contributed by atoms with Crippen LogP contribution in [0.15, 0.2) is 47.1 Å². The summed E-state index contributed by atoms with van der Waals surface area (Å²) in [6.07, 6.45) is 4.35. The van der Waals surface area contributed by atoms with Gasteiger partial charge in [-0.2, -0.15) is 0 Å². The highest BCUT2D eigenvalue weighted by Crippen LogP contribution is 2.25. The Morgan fingerprint density at radius 2 is 2.07 bits per heavy atom. The Balaban J connectivity index is 1.51. The van der Waals surface area contributed by atoms with Gasteiger partial charge in [0.25, 0.3) is 5.69 Å². The lowest BCUT2D eigenvalue weighted by Crippen LogP contribution is -2.39. The molecule has 28 heavy (non-hydrogen) atoms. The number of nitrogens with zero attached hydrogens (tertiary/aromatic N) is 2. The van der Waals surface area contributed by atoms with Crippen LogP contribution in [0.3, 0.4) is 0 Å². The number of benzene rings is 1. The van der Waals surface area contributed by atoms with Crippen molar-refractivity contribution in [3.8, 4) is 0 Å². The number of hydrogen-bond donors (Lipinski definition) is 2. The number of anilines is 1. The van der Waals surface area contributed by atoms with Crippen LogP contribution in [-0.2, 0) is 4.79 Å². The first-order valence-corrected chi connectivity index (χ1v) is 9.58. The lowest BCUT2D eigenvalue weighted by molar-refractivity contribution is -0.384. The number of amides is 1. The van der Waals surface area contributed by atoms with E-state index in [-0.39, 0.29) is 30.1 Å². The van der Waals surface area contributed by atoms with Crippen molar-refractivity contribution in [3.05, 3.63) is 58.5 Å². The van der Waals surface area contributed by atoms with E-state index in [1.807, 2.05) is 19.1 Å². The van der Waals surface area contributed by atoms with Crippen LogP contribution in [0.5, 0.6) is 0 Å². The molecule has 2 heterocycles. The molecule has 2 N–H and O–H groups in total. The highest BCUT2D eigenvalue weighted by Gasteiger charge is 2.26. The van der Waals surface area contributed by atoms with E-state index in [9.17, 15) is 14.9 Å². The molecule has 1 aliphatic rings. The zero-order valence-electron chi connectivity index (χ0n) is 16.0. The van der Waals surface area contributed by atoms with Gasteiger partial charge in [0.15, 0.2) is 0 Å². The van der Waals surface area contributed by atoms with Gasteiger partial charge in [0, 0.05) is 36.8 Å². The van der Waals surface area contributed by atoms with Gasteiger partial charge in [-0.05, 0) is 51.1 Å². The molecule has 1 aromatic heterocycles. The van der Waals surface area contributed by atoms with E-state index in [4.69, 9.17) is 4.42 Å². The average molecular weight is 386 g/mol. The van der Waals surface area contributed by atoms with Crippen molar-refractivity contribution < 1.29 is 14.1 Å². The van der Waals surface area contributed by atoms with Crippen molar-refractivity contribution in [3.63, 3.8) is 0 Å². The molecule has 1 amide bonds. The topological polar surface area (TPSA) is 101 Å². The number of rotatable bonds is 9. The first-order chi connectivity index (χ1) is 13.5. The Hall–Kier alpha value is -2.71. The van der Waals surface area contributed by atoms with Gasteiger partial charge in [-0.15, -0.1) is 0 Å². The molecule has 1 fully saturated rings. The van der Waals surface area contributed by atoms with Crippen molar-refractivity contribution in [1.29, 1.82) is 0 Å². The predicted molar refractivity (Wildman–Crippen MR) is 106 cm³/mol. The van der Waals surface area contributed by atoms with Gasteiger partial charge >= 0.3 is 0 Å².